The molecular weight excluding hydrogens is 1410 g/mol. The summed E-state index contributed by atoms with van der Waals surface area (Å²) in [6.07, 6.45) is 38.9. The topological polar surface area (TPSA) is 13.0 Å². The minimum Gasteiger partial charge on any atom is -0.310 e. The Balaban J connectivity index is 0.847. The summed E-state index contributed by atoms with van der Waals surface area (Å²) in [5.41, 5.74) is 41.7. The van der Waals surface area contributed by atoms with Crippen molar-refractivity contribution in [3.8, 4) is 55.6 Å². The molecule has 5 heteroatoms. The monoisotopic (exact) mass is 1500 g/mol. The van der Waals surface area contributed by atoms with Crippen molar-refractivity contribution in [3.05, 3.63) is 462 Å². The number of hydrogen-bond donors (Lipinski definition) is 0. The molecule has 4 atom stereocenters. The maximum absolute atomic E-state index is 2.71. The summed E-state index contributed by atoms with van der Waals surface area (Å²) >= 11 is 0. The molecule has 558 valence electrons. The molecule has 0 saturated heterocycles. The number of para-hydroxylation sites is 4. The van der Waals surface area contributed by atoms with Crippen molar-refractivity contribution in [1.82, 2.24) is 0 Å². The molecule has 4 unspecified atom stereocenters. The van der Waals surface area contributed by atoms with Crippen LogP contribution in [0, 0.1) is 34.5 Å². The molecule has 4 nitrogen and oxygen atoms in total. The highest BCUT2D eigenvalue weighted by Crippen LogP contribution is 2.60. The molecule has 12 aromatic carbocycles. The van der Waals surface area contributed by atoms with Gasteiger partial charge in [0, 0.05) is 103 Å². The highest BCUT2D eigenvalue weighted by Gasteiger charge is 2.49. The van der Waals surface area contributed by atoms with Crippen LogP contribution in [-0.4, -0.2) is 6.71 Å². The minimum atomic E-state index is -0.301. The molecule has 0 bridgehead atoms. The fraction of sp³-hybridized carbons (Fsp3) is 0.107. The van der Waals surface area contributed by atoms with Crippen molar-refractivity contribution in [2.75, 3.05) is 19.6 Å². The van der Waals surface area contributed by atoms with Gasteiger partial charge in [-0.15, -0.1) is 0 Å². The van der Waals surface area contributed by atoms with Gasteiger partial charge in [0.05, 0.1) is 11.4 Å². The smallest absolute Gasteiger partial charge is 0.252 e. The van der Waals surface area contributed by atoms with Gasteiger partial charge in [-0.2, -0.15) is 0 Å². The van der Waals surface area contributed by atoms with Gasteiger partial charge in [-0.05, 0) is 189 Å². The number of fused-ring (bicyclic) bond motifs is 4. The second-order valence-electron chi connectivity index (χ2n) is 34.7. The molecule has 0 radical (unpaired) electrons. The third-order valence-electron chi connectivity index (χ3n) is 25.8. The molecular formula is C112H87BN4. The van der Waals surface area contributed by atoms with Gasteiger partial charge in [-0.1, -0.05) is 363 Å². The first kappa shape index (κ1) is 69.9. The van der Waals surface area contributed by atoms with E-state index in [1.54, 1.807) is 0 Å². The van der Waals surface area contributed by atoms with E-state index < -0.39 is 0 Å². The molecule has 0 N–H and O–H groups in total. The quantitative estimate of drug-likeness (QED) is 0.107. The van der Waals surface area contributed by atoms with E-state index in [1.165, 1.54) is 83.5 Å². The number of allylic oxidation sites excluding steroid dienone is 26. The largest absolute Gasteiger partial charge is 0.310 e. The van der Waals surface area contributed by atoms with Crippen LogP contribution in [-0.2, 0) is 0 Å². The van der Waals surface area contributed by atoms with E-state index in [9.17, 15) is 0 Å². The fourth-order valence-corrected chi connectivity index (χ4v) is 20.3. The lowest BCUT2D eigenvalue weighted by atomic mass is 9.33. The van der Waals surface area contributed by atoms with Gasteiger partial charge >= 0.3 is 0 Å². The van der Waals surface area contributed by atoms with E-state index in [4.69, 9.17) is 0 Å². The normalized spacial score (nSPS) is 18.7. The second kappa shape index (κ2) is 27.5. The van der Waals surface area contributed by atoms with Crippen molar-refractivity contribution < 1.29 is 0 Å². The number of hydrogen-bond acceptors (Lipinski definition) is 4. The highest BCUT2D eigenvalue weighted by molar-refractivity contribution is 7.00. The van der Waals surface area contributed by atoms with E-state index in [-0.39, 0.29) is 41.2 Å². The first-order valence-electron chi connectivity index (χ1n) is 41.5. The summed E-state index contributed by atoms with van der Waals surface area (Å²) in [4.78, 5) is 10.5. The summed E-state index contributed by atoms with van der Waals surface area (Å²) in [6.45, 7) is 13.7. The van der Waals surface area contributed by atoms with Gasteiger partial charge in [0.25, 0.3) is 6.71 Å². The Morgan fingerprint density at radius 1 is 0.265 bits per heavy atom. The van der Waals surface area contributed by atoms with Crippen molar-refractivity contribution >= 4 is 80.0 Å². The van der Waals surface area contributed by atoms with Crippen LogP contribution in [0.4, 0.5) is 56.9 Å². The molecule has 0 amide bonds. The van der Waals surface area contributed by atoms with E-state index in [0.717, 1.165) is 113 Å². The molecule has 0 fully saturated rings. The standard InChI is InChI=1S/C112H87BN4/c1-111(2,3)84-64-79-50-48-77-54-62-98(94-58-52-81(66-84)104(79)106(77)94)114(86-40-24-12-25-41-86)88-56-60-96-100(70-88)116(109-90(73-32-16-8-17-33-73)44-28-45-91(109)74-34-18-9-19-35-74)102-68-83(72-30-14-7-15-31-72)69-103-108(102)113(96)97-61-57-89(71-101(97)117(103)110-92(75-36-20-10-21-37-75)46-29-47-93(110)76-38-22-11-23-39-76)115(87-42-26-13-27-43-87)99-63-55-78-49-51-80-65-85(112(4,5)6)67-82-53-59-95(99)107(78)105(80)82/h7-71,104-107H,1-6H3. The van der Waals surface area contributed by atoms with Gasteiger partial charge < -0.3 is 19.6 Å². The van der Waals surface area contributed by atoms with E-state index in [2.05, 4.69) is 456 Å². The Morgan fingerprint density at radius 2 is 0.598 bits per heavy atom. The first-order chi connectivity index (χ1) is 57.3. The third kappa shape index (κ3) is 11.6. The predicted molar refractivity (Wildman–Crippen MR) is 493 cm³/mol. The number of nitrogens with zero attached hydrogens (tertiary/aromatic N) is 4. The zero-order chi connectivity index (χ0) is 78.4. The molecule has 2 heterocycles. The Labute approximate surface area is 688 Å². The molecule has 0 aromatic heterocycles. The van der Waals surface area contributed by atoms with Gasteiger partial charge in [0.15, 0.2) is 0 Å². The van der Waals surface area contributed by atoms with E-state index in [1.807, 2.05) is 0 Å². The lowest BCUT2D eigenvalue weighted by Crippen LogP contribution is -2.61. The molecule has 2 aliphatic heterocycles. The summed E-state index contributed by atoms with van der Waals surface area (Å²) < 4.78 is 0. The molecule has 22 rings (SSSR count). The van der Waals surface area contributed by atoms with Gasteiger partial charge in [-0.25, -0.2) is 0 Å². The lowest BCUT2D eigenvalue weighted by molar-refractivity contribution is 0.498. The summed E-state index contributed by atoms with van der Waals surface area (Å²) in [5.74, 6) is 0.652. The zero-order valence-electron chi connectivity index (χ0n) is 66.7. The van der Waals surface area contributed by atoms with Crippen molar-refractivity contribution in [2.24, 2.45) is 34.5 Å². The summed E-state index contributed by atoms with van der Waals surface area (Å²) in [7, 11) is 0. The summed E-state index contributed by atoms with van der Waals surface area (Å²) in [5, 5.41) is 0. The van der Waals surface area contributed by atoms with Crippen LogP contribution in [0.25, 0.3) is 55.6 Å². The highest BCUT2D eigenvalue weighted by atomic mass is 15.2. The van der Waals surface area contributed by atoms with Crippen LogP contribution in [0.15, 0.2) is 462 Å². The van der Waals surface area contributed by atoms with Crippen LogP contribution in [0.1, 0.15) is 41.5 Å². The van der Waals surface area contributed by atoms with Crippen LogP contribution < -0.4 is 36.0 Å². The van der Waals surface area contributed by atoms with E-state index in [0.29, 0.717) is 0 Å². The van der Waals surface area contributed by atoms with Crippen molar-refractivity contribution in [2.45, 2.75) is 41.5 Å². The van der Waals surface area contributed by atoms with Crippen molar-refractivity contribution in [3.63, 3.8) is 0 Å². The van der Waals surface area contributed by atoms with Crippen LogP contribution >= 0.6 is 0 Å². The Bertz CT molecular complexity index is 6120. The minimum absolute atomic E-state index is 0.000865. The second-order valence-corrected chi connectivity index (χ2v) is 34.7. The van der Waals surface area contributed by atoms with Gasteiger partial charge in [0.2, 0.25) is 0 Å². The predicted octanol–water partition coefficient (Wildman–Crippen LogP) is 27.2. The molecule has 12 aromatic rings. The van der Waals surface area contributed by atoms with E-state index >= 15 is 0 Å². The maximum atomic E-state index is 2.71. The third-order valence-corrected chi connectivity index (χ3v) is 25.8. The fourth-order valence-electron chi connectivity index (χ4n) is 20.3. The Kier molecular flexibility index (Phi) is 16.4. The Morgan fingerprint density at radius 3 is 0.957 bits per heavy atom. The van der Waals surface area contributed by atoms with Crippen molar-refractivity contribution in [1.29, 1.82) is 0 Å². The number of anilines is 10. The zero-order valence-corrected chi connectivity index (χ0v) is 66.7. The van der Waals surface area contributed by atoms with Gasteiger partial charge in [-0.3, -0.25) is 0 Å². The van der Waals surface area contributed by atoms with Crippen LogP contribution in [0.3, 0.4) is 0 Å². The Hall–Kier alpha value is -13.7. The average Bonchev–Trinajstić information content (AvgIpc) is 0.685. The van der Waals surface area contributed by atoms with Crippen LogP contribution in [0.5, 0.6) is 0 Å². The maximum Gasteiger partial charge on any atom is 0.252 e. The molecule has 0 saturated carbocycles. The lowest BCUT2D eigenvalue weighted by Gasteiger charge is -2.47. The first-order valence-corrected chi connectivity index (χ1v) is 41.5. The molecule has 10 aliphatic rings. The average molecular weight is 1500 g/mol. The van der Waals surface area contributed by atoms with Gasteiger partial charge in [0.1, 0.15) is 0 Å². The number of rotatable bonds is 13. The SMILES string of the molecule is CC(C)(C)C1=CC2=CC=C3C(N(c4ccccc4)c4ccc5c(c4)N(c4c(-c6ccccc6)cccc4-c4ccccc4)c4cc(-c6ccccc6)cc6c4B5c4ccc(N(C5=CC=C7C=CC8=CC(C(C)(C)C)=CC9=CC=C5C7C98)c5ccccc5)cc4N6c4c(-c5ccccc5)cccc4-c4ccccc4)=CC=C4C=CC(=C1)C2C43. The molecule has 8 aliphatic carbocycles. The summed E-state index contributed by atoms with van der Waals surface area (Å²) in [6, 6.07) is 112. The molecule has 0 spiro atoms. The number of benzene rings is 12. The van der Waals surface area contributed by atoms with Crippen LogP contribution in [0.2, 0.25) is 0 Å². The molecule has 117 heavy (non-hydrogen) atoms.